The van der Waals surface area contributed by atoms with E-state index in [-0.39, 0.29) is 12.5 Å². The van der Waals surface area contributed by atoms with Crippen LogP contribution < -0.4 is 10.6 Å². The van der Waals surface area contributed by atoms with E-state index in [0.717, 1.165) is 6.54 Å². The lowest BCUT2D eigenvalue weighted by Gasteiger charge is -2.38. The first kappa shape index (κ1) is 14.6. The molecule has 3 nitrogen and oxygen atoms in total. The fourth-order valence-corrected chi connectivity index (χ4v) is 2.73. The molecule has 0 unspecified atom stereocenters. The van der Waals surface area contributed by atoms with Crippen LogP contribution >= 0.6 is 23.2 Å². The summed E-state index contributed by atoms with van der Waals surface area (Å²) in [6, 6.07) is 5.15. The Balaban J connectivity index is 1.81. The van der Waals surface area contributed by atoms with Crippen LogP contribution in [0.2, 0.25) is 10.0 Å². The van der Waals surface area contributed by atoms with E-state index in [1.165, 1.54) is 19.3 Å². The maximum absolute atomic E-state index is 11.8. The van der Waals surface area contributed by atoms with Gasteiger partial charge in [-0.15, -0.1) is 0 Å². The zero-order valence-corrected chi connectivity index (χ0v) is 12.4. The van der Waals surface area contributed by atoms with Gasteiger partial charge in [0.25, 0.3) is 0 Å². The topological polar surface area (TPSA) is 41.1 Å². The summed E-state index contributed by atoms with van der Waals surface area (Å²) in [6.45, 7) is 3.39. The van der Waals surface area contributed by atoms with E-state index < -0.39 is 0 Å². The third kappa shape index (κ3) is 3.85. The van der Waals surface area contributed by atoms with Crippen LogP contribution in [0.5, 0.6) is 0 Å². The lowest BCUT2D eigenvalue weighted by molar-refractivity contribution is -0.115. The second-order valence-electron chi connectivity index (χ2n) is 5.41. The van der Waals surface area contributed by atoms with Crippen molar-refractivity contribution in [1.82, 2.24) is 5.32 Å². The normalized spacial score (nSPS) is 16.8. The molecule has 104 valence electrons. The lowest BCUT2D eigenvalue weighted by Crippen LogP contribution is -2.40. The van der Waals surface area contributed by atoms with Gasteiger partial charge in [-0.25, -0.2) is 0 Å². The van der Waals surface area contributed by atoms with E-state index in [1.807, 2.05) is 0 Å². The SMILES string of the molecule is CC1(CNCC(=O)Nc2c(Cl)cccc2Cl)CCC1. The van der Waals surface area contributed by atoms with Crippen molar-refractivity contribution < 1.29 is 4.79 Å². The molecule has 0 aliphatic heterocycles. The summed E-state index contributed by atoms with van der Waals surface area (Å²) in [5.41, 5.74) is 0.843. The van der Waals surface area contributed by atoms with Crippen LogP contribution in [0.25, 0.3) is 0 Å². The maximum atomic E-state index is 11.8. The van der Waals surface area contributed by atoms with Crippen LogP contribution in [0.4, 0.5) is 5.69 Å². The van der Waals surface area contributed by atoms with Crippen molar-refractivity contribution in [1.29, 1.82) is 0 Å². The Hall–Kier alpha value is -0.770. The quantitative estimate of drug-likeness (QED) is 0.870. The van der Waals surface area contributed by atoms with Crippen LogP contribution in [-0.2, 0) is 4.79 Å². The van der Waals surface area contributed by atoms with Gasteiger partial charge in [0.15, 0.2) is 0 Å². The summed E-state index contributed by atoms with van der Waals surface area (Å²) in [7, 11) is 0. The van der Waals surface area contributed by atoms with Crippen LogP contribution in [0.15, 0.2) is 18.2 Å². The molecule has 0 spiro atoms. The molecule has 0 heterocycles. The van der Waals surface area contributed by atoms with E-state index in [2.05, 4.69) is 17.6 Å². The first-order valence-electron chi connectivity index (χ1n) is 6.45. The third-order valence-corrected chi connectivity index (χ3v) is 4.26. The minimum absolute atomic E-state index is 0.127. The van der Waals surface area contributed by atoms with Crippen molar-refractivity contribution in [2.24, 2.45) is 5.41 Å². The largest absolute Gasteiger partial charge is 0.322 e. The Kier molecular flexibility index (Phi) is 4.71. The molecule has 0 aromatic heterocycles. The number of carbonyl (C=O) groups is 1. The standard InChI is InChI=1S/C14H18Cl2N2O/c1-14(6-3-7-14)9-17-8-12(19)18-13-10(15)4-2-5-11(13)16/h2,4-5,17H,3,6-9H2,1H3,(H,18,19). The molecule has 0 saturated heterocycles. The van der Waals surface area contributed by atoms with Crippen LogP contribution in [0, 0.1) is 5.41 Å². The number of carbonyl (C=O) groups excluding carboxylic acids is 1. The van der Waals surface area contributed by atoms with Crippen molar-refractivity contribution >= 4 is 34.8 Å². The predicted molar refractivity (Wildman–Crippen MR) is 79.9 cm³/mol. The van der Waals surface area contributed by atoms with E-state index in [1.54, 1.807) is 18.2 Å². The highest BCUT2D eigenvalue weighted by Crippen LogP contribution is 2.39. The molecule has 1 aliphatic rings. The highest BCUT2D eigenvalue weighted by molar-refractivity contribution is 6.39. The molecule has 0 radical (unpaired) electrons. The molecule has 1 aliphatic carbocycles. The highest BCUT2D eigenvalue weighted by Gasteiger charge is 2.31. The summed E-state index contributed by atoms with van der Waals surface area (Å²) in [4.78, 5) is 11.8. The van der Waals surface area contributed by atoms with Gasteiger partial charge in [0.1, 0.15) is 0 Å². The monoisotopic (exact) mass is 300 g/mol. The highest BCUT2D eigenvalue weighted by atomic mass is 35.5. The van der Waals surface area contributed by atoms with Crippen molar-refractivity contribution in [3.63, 3.8) is 0 Å². The summed E-state index contributed by atoms with van der Waals surface area (Å²) in [6.07, 6.45) is 3.76. The number of benzene rings is 1. The Morgan fingerprint density at radius 3 is 2.47 bits per heavy atom. The molecule has 1 saturated carbocycles. The van der Waals surface area contributed by atoms with Gasteiger partial charge < -0.3 is 10.6 Å². The second kappa shape index (κ2) is 6.12. The summed E-state index contributed by atoms with van der Waals surface area (Å²) < 4.78 is 0. The minimum Gasteiger partial charge on any atom is -0.322 e. The predicted octanol–water partition coefficient (Wildman–Crippen LogP) is 3.71. The lowest BCUT2D eigenvalue weighted by atomic mass is 9.70. The van der Waals surface area contributed by atoms with Gasteiger partial charge in [0.2, 0.25) is 5.91 Å². The number of hydrogen-bond acceptors (Lipinski definition) is 2. The van der Waals surface area contributed by atoms with Crippen LogP contribution in [0.3, 0.4) is 0 Å². The van der Waals surface area contributed by atoms with E-state index in [4.69, 9.17) is 23.2 Å². The average Bonchev–Trinajstić information content (AvgIpc) is 2.32. The molecule has 0 bridgehead atoms. The zero-order valence-electron chi connectivity index (χ0n) is 10.9. The number of amides is 1. The van der Waals surface area contributed by atoms with Gasteiger partial charge >= 0.3 is 0 Å². The number of hydrogen-bond donors (Lipinski definition) is 2. The molecule has 1 aromatic carbocycles. The van der Waals surface area contributed by atoms with Crippen molar-refractivity contribution in [2.75, 3.05) is 18.4 Å². The Bertz CT molecular complexity index is 452. The molecule has 19 heavy (non-hydrogen) atoms. The molecule has 2 rings (SSSR count). The van der Waals surface area contributed by atoms with Crippen LogP contribution in [0.1, 0.15) is 26.2 Å². The molecule has 1 amide bonds. The van der Waals surface area contributed by atoms with Gasteiger partial charge in [-0.2, -0.15) is 0 Å². The number of anilines is 1. The molecular formula is C14H18Cl2N2O. The van der Waals surface area contributed by atoms with Crippen LogP contribution in [-0.4, -0.2) is 19.0 Å². The van der Waals surface area contributed by atoms with Gasteiger partial charge in [-0.05, 0) is 30.4 Å². The number of nitrogens with one attached hydrogen (secondary N) is 2. The van der Waals surface area contributed by atoms with Gasteiger partial charge in [0.05, 0.1) is 22.3 Å². The van der Waals surface area contributed by atoms with Crippen molar-refractivity contribution in [3.05, 3.63) is 28.2 Å². The Morgan fingerprint density at radius 1 is 1.32 bits per heavy atom. The first-order chi connectivity index (χ1) is 9.00. The van der Waals surface area contributed by atoms with E-state index in [0.29, 0.717) is 21.1 Å². The smallest absolute Gasteiger partial charge is 0.238 e. The average molecular weight is 301 g/mol. The summed E-state index contributed by atoms with van der Waals surface area (Å²) in [5, 5.41) is 6.83. The van der Waals surface area contributed by atoms with Gasteiger partial charge in [0, 0.05) is 6.54 Å². The molecular weight excluding hydrogens is 283 g/mol. The molecule has 5 heteroatoms. The summed E-state index contributed by atoms with van der Waals surface area (Å²) >= 11 is 12.0. The fraction of sp³-hybridized carbons (Fsp3) is 0.500. The van der Waals surface area contributed by atoms with Crippen molar-refractivity contribution in [2.45, 2.75) is 26.2 Å². The minimum atomic E-state index is -0.127. The Labute approximate surface area is 123 Å². The third-order valence-electron chi connectivity index (χ3n) is 3.63. The number of rotatable bonds is 5. The van der Waals surface area contributed by atoms with Gasteiger partial charge in [-0.3, -0.25) is 4.79 Å². The zero-order chi connectivity index (χ0) is 13.9. The fourth-order valence-electron chi connectivity index (χ4n) is 2.24. The maximum Gasteiger partial charge on any atom is 0.238 e. The van der Waals surface area contributed by atoms with Gasteiger partial charge in [-0.1, -0.05) is 42.6 Å². The van der Waals surface area contributed by atoms with E-state index >= 15 is 0 Å². The number of halogens is 2. The van der Waals surface area contributed by atoms with E-state index in [9.17, 15) is 4.79 Å². The van der Waals surface area contributed by atoms with Crippen molar-refractivity contribution in [3.8, 4) is 0 Å². The molecule has 0 atom stereocenters. The molecule has 1 fully saturated rings. The Morgan fingerprint density at radius 2 is 1.95 bits per heavy atom. The summed E-state index contributed by atoms with van der Waals surface area (Å²) in [5.74, 6) is -0.127. The first-order valence-corrected chi connectivity index (χ1v) is 7.20. The molecule has 2 N–H and O–H groups in total. The number of para-hydroxylation sites is 1. The molecule has 1 aromatic rings. The second-order valence-corrected chi connectivity index (χ2v) is 6.23.